The van der Waals surface area contributed by atoms with Crippen LogP contribution in [0.1, 0.15) is 5.56 Å². The number of halogens is 3. The van der Waals surface area contributed by atoms with Crippen LogP contribution in [0, 0.1) is 17.5 Å². The molecule has 0 radical (unpaired) electrons. The summed E-state index contributed by atoms with van der Waals surface area (Å²) in [5.74, 6) is -3.27. The number of carbonyl (C=O) groups is 1. The van der Waals surface area contributed by atoms with Crippen LogP contribution >= 0.6 is 11.8 Å². The van der Waals surface area contributed by atoms with Gasteiger partial charge < -0.3 is 0 Å². The van der Waals surface area contributed by atoms with E-state index in [0.717, 1.165) is 14.1 Å². The third-order valence-corrected chi connectivity index (χ3v) is 6.62. The first-order valence-electron chi connectivity index (χ1n) is 8.65. The molecule has 0 N–H and O–H groups in total. The predicted molar refractivity (Wildman–Crippen MR) is 109 cm³/mol. The molecule has 30 heavy (non-hydrogen) atoms. The van der Waals surface area contributed by atoms with Gasteiger partial charge in [-0.2, -0.15) is 0 Å². The Morgan fingerprint density at radius 2 is 1.77 bits per heavy atom. The number of para-hydroxylation sites is 1. The quantitative estimate of drug-likeness (QED) is 0.532. The van der Waals surface area contributed by atoms with Gasteiger partial charge in [-0.3, -0.25) is 9.88 Å². The van der Waals surface area contributed by atoms with Crippen LogP contribution < -0.4 is 9.21 Å². The van der Waals surface area contributed by atoms with E-state index < -0.39 is 46.6 Å². The maximum atomic E-state index is 14.3. The normalized spacial score (nSPS) is 16.0. The fourth-order valence-corrected chi connectivity index (χ4v) is 4.77. The van der Waals surface area contributed by atoms with Crippen LogP contribution in [0.25, 0.3) is 0 Å². The second-order valence-electron chi connectivity index (χ2n) is 6.31. The van der Waals surface area contributed by atoms with Gasteiger partial charge in [-0.1, -0.05) is 12.1 Å². The van der Waals surface area contributed by atoms with Crippen molar-refractivity contribution >= 4 is 40.2 Å². The predicted octanol–water partition coefficient (Wildman–Crippen LogP) is 4.89. The highest BCUT2D eigenvalue weighted by atomic mass is 32.2. The number of pyridine rings is 1. The average Bonchev–Trinajstić information content (AvgIpc) is 2.73. The van der Waals surface area contributed by atoms with Crippen LogP contribution in [0.5, 0.6) is 0 Å². The number of benzene rings is 2. The van der Waals surface area contributed by atoms with E-state index in [1.54, 1.807) is 36.5 Å². The van der Waals surface area contributed by atoms with Crippen molar-refractivity contribution in [2.75, 3.05) is 15.5 Å². The van der Waals surface area contributed by atoms with E-state index in [0.29, 0.717) is 17.0 Å². The van der Waals surface area contributed by atoms with Crippen molar-refractivity contribution in [3.05, 3.63) is 77.9 Å². The zero-order valence-corrected chi connectivity index (χ0v) is 17.1. The molecule has 2 heterocycles. The molecule has 0 spiro atoms. The lowest BCUT2D eigenvalue weighted by Crippen LogP contribution is -2.48. The molecular weight excluding hydrogens is 435 g/mol. The van der Waals surface area contributed by atoms with Crippen LogP contribution in [-0.4, -0.2) is 21.5 Å². The Bertz CT molecular complexity index is 1150. The van der Waals surface area contributed by atoms with E-state index in [1.165, 1.54) is 18.0 Å². The number of fused-ring (bicyclic) bond motifs is 1. The number of rotatable bonds is 4. The summed E-state index contributed by atoms with van der Waals surface area (Å²) in [6.45, 7) is -0.503. The fourth-order valence-electron chi connectivity index (χ4n) is 3.08. The van der Waals surface area contributed by atoms with Gasteiger partial charge in [0.15, 0.2) is 11.0 Å². The monoisotopic (exact) mass is 449 g/mol. The molecule has 1 atom stereocenters. The maximum absolute atomic E-state index is 14.3. The third kappa shape index (κ3) is 3.56. The van der Waals surface area contributed by atoms with Crippen molar-refractivity contribution in [3.8, 4) is 0 Å². The molecule has 0 saturated carbocycles. The van der Waals surface area contributed by atoms with Gasteiger partial charge in [0.05, 0.1) is 29.0 Å². The number of hydrogen-bond donors (Lipinski definition) is 0. The Hall–Kier alpha value is -2.85. The van der Waals surface area contributed by atoms with Crippen molar-refractivity contribution in [1.82, 2.24) is 4.98 Å². The summed E-state index contributed by atoms with van der Waals surface area (Å²) < 4.78 is 56.0. The molecule has 1 aliphatic heterocycles. The lowest BCUT2D eigenvalue weighted by atomic mass is 10.1. The Balaban J connectivity index is 1.83. The van der Waals surface area contributed by atoms with Gasteiger partial charge in [0.1, 0.15) is 17.5 Å². The van der Waals surface area contributed by atoms with Gasteiger partial charge in [-0.15, -0.1) is 11.8 Å². The van der Waals surface area contributed by atoms with Crippen LogP contribution in [0.4, 0.5) is 29.3 Å². The van der Waals surface area contributed by atoms with E-state index in [-0.39, 0.29) is 11.4 Å². The minimum atomic E-state index is -1.89. The summed E-state index contributed by atoms with van der Waals surface area (Å²) in [6.07, 6.45) is 4.82. The zero-order chi connectivity index (χ0) is 21.4. The first kappa shape index (κ1) is 20.4. The third-order valence-electron chi connectivity index (χ3n) is 4.51. The van der Waals surface area contributed by atoms with Crippen molar-refractivity contribution in [2.24, 2.45) is 0 Å². The van der Waals surface area contributed by atoms with Gasteiger partial charge in [-0.25, -0.2) is 26.5 Å². The number of nitrogens with zero attached hydrogens (tertiary/aromatic N) is 3. The van der Waals surface area contributed by atoms with Crippen LogP contribution in [0.15, 0.2) is 64.6 Å². The molecule has 0 aliphatic carbocycles. The highest BCUT2D eigenvalue weighted by molar-refractivity contribution is 7.98. The maximum Gasteiger partial charge on any atom is 0.341 e. The van der Waals surface area contributed by atoms with Crippen molar-refractivity contribution < 1.29 is 22.2 Å². The number of urea groups is 1. The zero-order valence-electron chi connectivity index (χ0n) is 15.5. The standard InChI is InChI=1S/C20H14F3N3O2S2/c1-29-14-8-13(9-24-10-14)26-20(27)25(18-4-2-3-5-19(18)30(26)28)11-15-16(22)6-12(21)7-17(15)23/h2-10H,11H2,1H3. The van der Waals surface area contributed by atoms with E-state index >= 15 is 0 Å². The minimum absolute atomic E-state index is 0.259. The molecular formula is C20H14F3N3O2S2. The molecule has 0 bridgehead atoms. The Morgan fingerprint density at radius 1 is 1.07 bits per heavy atom. The number of anilines is 2. The molecule has 3 aromatic rings. The minimum Gasteiger partial charge on any atom is -0.287 e. The summed E-state index contributed by atoms with van der Waals surface area (Å²) in [7, 11) is -1.89. The lowest BCUT2D eigenvalue weighted by molar-refractivity contribution is 0.253. The Labute approximate surface area is 177 Å². The molecule has 5 nitrogen and oxygen atoms in total. The molecule has 1 aromatic heterocycles. The molecule has 2 amide bonds. The molecule has 1 unspecified atom stereocenters. The van der Waals surface area contributed by atoms with E-state index in [4.69, 9.17) is 0 Å². The molecule has 2 aromatic carbocycles. The number of thioether (sulfide) groups is 1. The summed E-state index contributed by atoms with van der Waals surface area (Å²) >= 11 is 1.40. The molecule has 0 fully saturated rings. The van der Waals surface area contributed by atoms with E-state index in [1.807, 2.05) is 6.26 Å². The molecule has 10 heteroatoms. The molecule has 1 aliphatic rings. The van der Waals surface area contributed by atoms with Gasteiger partial charge in [0, 0.05) is 28.8 Å². The molecule has 0 saturated heterocycles. The lowest BCUT2D eigenvalue weighted by Gasteiger charge is -2.35. The molecule has 4 rings (SSSR count). The van der Waals surface area contributed by atoms with Gasteiger partial charge in [0.2, 0.25) is 0 Å². The van der Waals surface area contributed by atoms with Crippen molar-refractivity contribution in [1.29, 1.82) is 0 Å². The second kappa shape index (κ2) is 8.11. The highest BCUT2D eigenvalue weighted by Gasteiger charge is 2.38. The summed E-state index contributed by atoms with van der Waals surface area (Å²) in [5, 5.41) is 0. The summed E-state index contributed by atoms with van der Waals surface area (Å²) in [6, 6.07) is 8.41. The summed E-state index contributed by atoms with van der Waals surface area (Å²) in [5.41, 5.74) is 0.0714. The highest BCUT2D eigenvalue weighted by Crippen LogP contribution is 2.36. The van der Waals surface area contributed by atoms with E-state index in [2.05, 4.69) is 4.98 Å². The van der Waals surface area contributed by atoms with Gasteiger partial charge in [-0.05, 0) is 24.5 Å². The summed E-state index contributed by atoms with van der Waals surface area (Å²) in [4.78, 5) is 19.5. The number of carbonyl (C=O) groups excluding carboxylic acids is 1. The Kier molecular flexibility index (Phi) is 5.52. The number of hydrogen-bond acceptors (Lipinski definition) is 4. The van der Waals surface area contributed by atoms with Crippen LogP contribution in [0.2, 0.25) is 0 Å². The van der Waals surface area contributed by atoms with Crippen molar-refractivity contribution in [3.63, 3.8) is 0 Å². The van der Waals surface area contributed by atoms with Crippen LogP contribution in [0.3, 0.4) is 0 Å². The fraction of sp³-hybridized carbons (Fsp3) is 0.100. The SMILES string of the molecule is CSc1cncc(N2C(=O)N(Cc3c(F)cc(F)cc3F)c3ccccc3S2=O)c1. The molecule has 154 valence electrons. The smallest absolute Gasteiger partial charge is 0.287 e. The first-order chi connectivity index (χ1) is 14.4. The van der Waals surface area contributed by atoms with Crippen LogP contribution in [-0.2, 0) is 17.5 Å². The van der Waals surface area contributed by atoms with Crippen molar-refractivity contribution in [2.45, 2.75) is 16.3 Å². The largest absolute Gasteiger partial charge is 0.341 e. The Morgan fingerprint density at radius 3 is 2.47 bits per heavy atom. The number of amides is 2. The van der Waals surface area contributed by atoms with E-state index in [9.17, 15) is 22.2 Å². The topological polar surface area (TPSA) is 53.5 Å². The number of aromatic nitrogens is 1. The second-order valence-corrected chi connectivity index (χ2v) is 8.49. The van der Waals surface area contributed by atoms with Gasteiger partial charge in [0.25, 0.3) is 0 Å². The first-order valence-corrected chi connectivity index (χ1v) is 11.0. The average molecular weight is 449 g/mol. The van der Waals surface area contributed by atoms with Gasteiger partial charge >= 0.3 is 6.03 Å².